The van der Waals surface area contributed by atoms with Crippen LogP contribution in [0.2, 0.25) is 0 Å². The zero-order valence-electron chi connectivity index (χ0n) is 110. The first-order chi connectivity index (χ1) is 69.9. The van der Waals surface area contributed by atoms with Crippen molar-refractivity contribution in [2.45, 2.75) is 600 Å². The highest BCUT2D eigenvalue weighted by Crippen LogP contribution is 2.46. The third-order valence-corrected chi connectivity index (χ3v) is 24.5. The Kier molecular flexibility index (Phi) is 192. The third kappa shape index (κ3) is 201. The second kappa shape index (κ2) is 154. The van der Waals surface area contributed by atoms with E-state index in [-0.39, 0.29) is 46.1 Å². The predicted octanol–water partition coefficient (Wildman–Crippen LogP) is 37.0. The van der Waals surface area contributed by atoms with Crippen LogP contribution in [-0.2, 0) is 67.3 Å². The van der Waals surface area contributed by atoms with E-state index in [0.29, 0.717) is 84.1 Å². The number of Topliss-reactive ketones (excluding diaryl/α,β-unsaturated/α-hetero) is 6. The monoisotopic (exact) mass is 2170 g/mol. The lowest BCUT2D eigenvalue weighted by atomic mass is 9.95. The molecule has 1 saturated carbocycles. The summed E-state index contributed by atoms with van der Waals surface area (Å²) in [5.41, 5.74) is 1.34. The van der Waals surface area contributed by atoms with Crippen molar-refractivity contribution in [3.8, 4) is 0 Å². The van der Waals surface area contributed by atoms with Gasteiger partial charge in [-0.3, -0.25) is 43.2 Å². The molecule has 4 amide bonds. The van der Waals surface area contributed by atoms with Crippen molar-refractivity contribution in [3.63, 3.8) is 0 Å². The molecule has 149 heavy (non-hydrogen) atoms. The van der Waals surface area contributed by atoms with E-state index in [0.717, 1.165) is 206 Å². The van der Waals surface area contributed by atoms with Crippen LogP contribution in [-0.4, -0.2) is 203 Å². The highest BCUT2D eigenvalue weighted by atomic mass is 32.2. The molecule has 1 atom stereocenters. The molecule has 1 aliphatic rings. The number of ether oxygens (including phenoxy) is 2. The number of rotatable bonds is 55. The maximum atomic E-state index is 11.3. The molecule has 1 fully saturated rings. The van der Waals surface area contributed by atoms with Crippen LogP contribution in [0.25, 0.3) is 0 Å². The molecule has 1 aliphatic carbocycles. The van der Waals surface area contributed by atoms with Gasteiger partial charge in [-0.1, -0.05) is 384 Å². The number of amides is 4. The lowest BCUT2D eigenvalue weighted by Crippen LogP contribution is -2.36. The van der Waals surface area contributed by atoms with Crippen molar-refractivity contribution >= 4 is 79.9 Å². The van der Waals surface area contributed by atoms with Crippen LogP contribution in [0.1, 0.15) is 600 Å². The number of nitrogens with zero attached hydrogens (tertiary/aromatic N) is 4. The molecule has 0 radical (unpaired) electrons. The number of thioether (sulfide) groups is 1. The smallest absolute Gasteiger partial charge is 0.227 e. The van der Waals surface area contributed by atoms with Gasteiger partial charge in [0.2, 0.25) is 23.6 Å². The van der Waals surface area contributed by atoms with Crippen LogP contribution in [0.15, 0.2) is 30.3 Å². The van der Waals surface area contributed by atoms with Gasteiger partial charge in [0.15, 0.2) is 0 Å². The summed E-state index contributed by atoms with van der Waals surface area (Å²) in [4.78, 5) is 115. The van der Waals surface area contributed by atoms with Crippen molar-refractivity contribution < 1.29 is 65.8 Å². The molecule has 0 bridgehead atoms. The van der Waals surface area contributed by atoms with Gasteiger partial charge in [0.25, 0.3) is 0 Å². The van der Waals surface area contributed by atoms with Gasteiger partial charge in [0, 0.05) is 172 Å². The van der Waals surface area contributed by atoms with Crippen LogP contribution in [0.5, 0.6) is 0 Å². The zero-order valence-corrected chi connectivity index (χ0v) is 112. The van der Waals surface area contributed by atoms with E-state index in [2.05, 4.69) is 221 Å². The molecule has 0 heterocycles. The van der Waals surface area contributed by atoms with Gasteiger partial charge in [-0.2, -0.15) is 11.8 Å². The van der Waals surface area contributed by atoms with Gasteiger partial charge < -0.3 is 39.2 Å². The molecular formula is C128H271N5O14S2. The second-order valence-electron chi connectivity index (χ2n) is 40.4. The SMILES string of the molecule is CCC(=O)N(C)CC.CCC(C)C.CCC(C)c1ccccc1.CCCC.CCCC(=O)C1(C)CC1.CCCC(=O)CC.CCCC(=O)CC(C)C.CCCC(=O)CCC.CCCCC(=O)CC.CCCCC(C)=O.CCCCCC.CCCCCC.CCCN(C)CC.CCCNC(=O)CCC.CCCOC(C)C.CCCOCC.CCCS(=O)(=O)CC.CCCSCC.CCN(C)C(=O)C(C)(C)C.CCN(C)C(=O)C(C)C. The number of carbonyl (C=O) groups excluding carboxylic acids is 10. The summed E-state index contributed by atoms with van der Waals surface area (Å²) in [6.45, 7) is 103. The maximum absolute atomic E-state index is 11.3. The summed E-state index contributed by atoms with van der Waals surface area (Å²) in [6, 6.07) is 10.6. The molecule has 1 aromatic rings. The van der Waals surface area contributed by atoms with Gasteiger partial charge >= 0.3 is 0 Å². The van der Waals surface area contributed by atoms with Crippen molar-refractivity contribution in [2.24, 2.45) is 28.6 Å². The number of hydrogen-bond donors (Lipinski definition) is 1. The number of nitrogens with one attached hydrogen (secondary N) is 1. The Morgan fingerprint density at radius 2 is 0.819 bits per heavy atom. The number of benzene rings is 1. The largest absolute Gasteiger partial charge is 0.382 e. The lowest BCUT2D eigenvalue weighted by molar-refractivity contribution is -0.138. The molecule has 2 rings (SSSR count). The zero-order chi connectivity index (χ0) is 120. The summed E-state index contributed by atoms with van der Waals surface area (Å²) in [5, 5.41) is 2.79. The average molecular weight is 2170 g/mol. The van der Waals surface area contributed by atoms with Crippen molar-refractivity contribution in [1.82, 2.24) is 24.9 Å². The standard InChI is InChI=1S/C10H14.C8H17NO.C8H14O.C8H16O.2C7H15NO.2C7H14O.C6H13NO.C6H15N.C6H14O.2C6H12O.2C6H14.C5H12O2S.C5H12O.C5H12S.C5H12.C4H10/c1-3-9(2)10-7-5-4-6-8-10;1-6-9(5)7(10)8(2,3)4;1-3-4-7(9)8(2)5-6-8;1-4-5-8(9)6-7(2)3;1-5-8(4)7(9)6(2)3;1-3-5-7(9)8-6-4-2;1-3-5-6-7(8)4-2;1-3-5-7(8)6-4-2;1-4-6(8)7(3)5-2;1-4-6-7(3)5-2;1-4-5-7-6(2)3;1-3-4-5-6(2)7;1-3-5-6(7)4-2;2*1-3-5-6-4-2;1-3-5-8(6,7)4-2;2*1-3-5-6-4-2;1-4-5(2)3;1-3-4-2/h4-9H,3H2,1-2H3;6H2,1-5H3;3-6H2,1-2H3;7H,4-6H2,1-3H3;6H,5H2,1-4H3;3-6H2,1-2H3,(H,8,9);2*3-6H2,1-2H3;4-5H2,1-3H3;4-6H2,1-3H3;6H,4-5H2,1-3H3;2*3-5H2,1-2H3;2*3-6H2,1-2H3;3-5H2,1-2H3;2*3-5H2,1-2H3;5H,4H2,1-3H3;3-4H2,1-2H3. The molecule has 0 aromatic heterocycles. The molecule has 1 aromatic carbocycles. The Morgan fingerprint density at radius 3 is 1.03 bits per heavy atom. The van der Waals surface area contributed by atoms with Crippen LogP contribution in [0, 0.1) is 28.6 Å². The molecule has 0 saturated heterocycles. The fourth-order valence-corrected chi connectivity index (χ4v) is 11.7. The number of hydrogen-bond acceptors (Lipinski definition) is 16. The number of unbranched alkanes of at least 4 members (excludes halogenated alkanes) is 9. The number of carbonyl (C=O) groups is 10. The van der Waals surface area contributed by atoms with Gasteiger partial charge in [0.05, 0.1) is 6.10 Å². The number of ketones is 6. The Hall–Kier alpha value is -4.70. The highest BCUT2D eigenvalue weighted by Gasteiger charge is 2.43. The van der Waals surface area contributed by atoms with Crippen molar-refractivity contribution in [2.75, 3.05) is 110 Å². The highest BCUT2D eigenvalue weighted by molar-refractivity contribution is 7.99. The Morgan fingerprint density at radius 1 is 0.416 bits per heavy atom. The fourth-order valence-electron chi connectivity index (χ4n) is 10.2. The summed E-state index contributed by atoms with van der Waals surface area (Å²) < 4.78 is 31.4. The van der Waals surface area contributed by atoms with Gasteiger partial charge in [-0.25, -0.2) is 8.42 Å². The maximum Gasteiger partial charge on any atom is 0.227 e. The average Bonchev–Trinajstić information content (AvgIpc) is 1.66. The van der Waals surface area contributed by atoms with E-state index < -0.39 is 9.84 Å². The van der Waals surface area contributed by atoms with Crippen LogP contribution >= 0.6 is 11.8 Å². The molecule has 19 nitrogen and oxygen atoms in total. The molecule has 1 N–H and O–H groups in total. The first kappa shape index (κ1) is 186. The second-order valence-corrected chi connectivity index (χ2v) is 44.3. The molecular weight excluding hydrogens is 1900 g/mol. The van der Waals surface area contributed by atoms with Gasteiger partial charge in [-0.15, -0.1) is 0 Å². The summed E-state index contributed by atoms with van der Waals surface area (Å²) in [7, 11) is 4.93. The van der Waals surface area contributed by atoms with Crippen molar-refractivity contribution in [3.05, 3.63) is 35.9 Å². The third-order valence-electron chi connectivity index (χ3n) is 21.5. The van der Waals surface area contributed by atoms with Crippen LogP contribution in [0.3, 0.4) is 0 Å². The molecule has 0 aliphatic heterocycles. The number of sulfone groups is 1. The minimum Gasteiger partial charge on any atom is -0.382 e. The lowest BCUT2D eigenvalue weighted by Gasteiger charge is -2.24. The minimum absolute atomic E-state index is 0.121. The Labute approximate surface area is 939 Å². The first-order valence-electron chi connectivity index (χ1n) is 60.8. The fraction of sp³-hybridized carbons (Fsp3) is 0.875. The topological polar surface area (TPSA) is 248 Å². The van der Waals surface area contributed by atoms with Gasteiger partial charge in [0.1, 0.15) is 44.5 Å². The first-order valence-corrected chi connectivity index (χ1v) is 63.7. The quantitative estimate of drug-likeness (QED) is 0.0595. The van der Waals surface area contributed by atoms with Crippen LogP contribution < -0.4 is 5.32 Å². The van der Waals surface area contributed by atoms with E-state index in [1.807, 2.05) is 164 Å². The molecule has 21 heteroatoms. The summed E-state index contributed by atoms with van der Waals surface area (Å²) >= 11 is 2.01. The molecule has 904 valence electrons. The Balaban J connectivity index is -0.0000000760. The van der Waals surface area contributed by atoms with Crippen LogP contribution in [0.4, 0.5) is 0 Å². The molecule has 0 spiro atoms. The van der Waals surface area contributed by atoms with Gasteiger partial charge in [-0.05, 0) is 213 Å². The van der Waals surface area contributed by atoms with E-state index in [1.54, 1.807) is 28.5 Å². The summed E-state index contributed by atoms with van der Waals surface area (Å²) in [6.07, 6.45) is 44.7. The summed E-state index contributed by atoms with van der Waals surface area (Å²) in [5.74, 6) is 8.67. The van der Waals surface area contributed by atoms with E-state index in [9.17, 15) is 56.4 Å². The Bertz CT molecular complexity index is 2840. The van der Waals surface area contributed by atoms with E-state index in [1.165, 1.54) is 120 Å². The molecule has 1 unspecified atom stereocenters. The van der Waals surface area contributed by atoms with E-state index >= 15 is 0 Å². The minimum atomic E-state index is -2.67. The van der Waals surface area contributed by atoms with E-state index in [4.69, 9.17) is 9.47 Å². The van der Waals surface area contributed by atoms with Crippen molar-refractivity contribution in [1.29, 1.82) is 0 Å². The predicted molar refractivity (Wildman–Crippen MR) is 669 cm³/mol. The normalized spacial score (nSPS) is 10.6.